The minimum absolute atomic E-state index is 0.157. The van der Waals surface area contributed by atoms with Crippen molar-refractivity contribution in [3.05, 3.63) is 29.8 Å². The maximum absolute atomic E-state index is 12.6. The van der Waals surface area contributed by atoms with Gasteiger partial charge in [0, 0.05) is 18.3 Å². The van der Waals surface area contributed by atoms with Crippen LogP contribution in [0.25, 0.3) is 0 Å². The topological polar surface area (TPSA) is 46.3 Å². The van der Waals surface area contributed by atoms with Gasteiger partial charge in [0.2, 0.25) is 5.91 Å². The monoisotopic (exact) mass is 248 g/mol. The summed E-state index contributed by atoms with van der Waals surface area (Å²) in [6.07, 6.45) is 0. The number of anilines is 1. The number of nitrogens with two attached hydrogens (primary N) is 1. The highest BCUT2D eigenvalue weighted by atomic mass is 16.2. The lowest BCUT2D eigenvalue weighted by Crippen LogP contribution is -2.46. The van der Waals surface area contributed by atoms with Crippen molar-refractivity contribution in [3.63, 3.8) is 0 Å². The van der Waals surface area contributed by atoms with Gasteiger partial charge >= 0.3 is 0 Å². The summed E-state index contributed by atoms with van der Waals surface area (Å²) in [6.45, 7) is 10.8. The van der Waals surface area contributed by atoms with E-state index in [0.29, 0.717) is 0 Å². The Balaban J connectivity index is 3.05. The summed E-state index contributed by atoms with van der Waals surface area (Å²) >= 11 is 0. The number of nitrogen functional groups attached to an aromatic ring is 1. The Bertz CT molecular complexity index is 407. The van der Waals surface area contributed by atoms with Crippen LogP contribution < -0.4 is 5.73 Å². The van der Waals surface area contributed by atoms with Crippen molar-refractivity contribution in [2.45, 2.75) is 46.1 Å². The van der Waals surface area contributed by atoms with Crippen molar-refractivity contribution in [2.24, 2.45) is 0 Å². The molecule has 0 heterocycles. The van der Waals surface area contributed by atoms with E-state index >= 15 is 0 Å². The molecule has 18 heavy (non-hydrogen) atoms. The van der Waals surface area contributed by atoms with E-state index in [-0.39, 0.29) is 11.9 Å². The minimum atomic E-state index is -0.520. The van der Waals surface area contributed by atoms with Crippen LogP contribution in [0, 0.1) is 0 Å². The molecule has 0 aliphatic rings. The van der Waals surface area contributed by atoms with Gasteiger partial charge in [0.25, 0.3) is 0 Å². The number of hydrogen-bond acceptors (Lipinski definition) is 2. The van der Waals surface area contributed by atoms with E-state index in [9.17, 15) is 4.79 Å². The van der Waals surface area contributed by atoms with Gasteiger partial charge in [-0.25, -0.2) is 0 Å². The van der Waals surface area contributed by atoms with Gasteiger partial charge in [0.15, 0.2) is 0 Å². The van der Waals surface area contributed by atoms with Gasteiger partial charge in [-0.2, -0.15) is 0 Å². The Hall–Kier alpha value is -1.51. The molecule has 0 bridgehead atoms. The van der Waals surface area contributed by atoms with Crippen LogP contribution in [0.4, 0.5) is 5.69 Å². The third-order valence-corrected chi connectivity index (χ3v) is 3.39. The zero-order valence-electron chi connectivity index (χ0n) is 12.0. The third kappa shape index (κ3) is 2.84. The molecule has 0 aliphatic carbocycles. The summed E-state index contributed by atoms with van der Waals surface area (Å²) in [5.41, 5.74) is 6.89. The average molecular weight is 248 g/mol. The Kier molecular flexibility index (Phi) is 4.38. The van der Waals surface area contributed by atoms with Gasteiger partial charge in [-0.3, -0.25) is 4.79 Å². The molecule has 1 aromatic rings. The number of amides is 1. The molecular formula is C15H24N2O. The van der Waals surface area contributed by atoms with Gasteiger partial charge < -0.3 is 10.6 Å². The second kappa shape index (κ2) is 5.42. The fraction of sp³-hybridized carbons (Fsp3) is 0.533. The predicted molar refractivity (Wildman–Crippen MR) is 76.4 cm³/mol. The Morgan fingerprint density at radius 2 is 1.78 bits per heavy atom. The first-order valence-corrected chi connectivity index (χ1v) is 6.47. The van der Waals surface area contributed by atoms with E-state index in [4.69, 9.17) is 5.73 Å². The van der Waals surface area contributed by atoms with Crippen molar-refractivity contribution >= 4 is 11.6 Å². The molecule has 3 heteroatoms. The van der Waals surface area contributed by atoms with Gasteiger partial charge in [0.1, 0.15) is 0 Å². The molecule has 1 aromatic carbocycles. The molecule has 0 spiro atoms. The first-order valence-electron chi connectivity index (χ1n) is 6.47. The molecule has 0 atom stereocenters. The standard InChI is InChI=1S/C15H24N2O/c1-6-17(11(2)3)14(18)15(4,5)12-7-9-13(16)10-8-12/h7-11H,6,16H2,1-5H3. The zero-order valence-corrected chi connectivity index (χ0v) is 12.0. The van der Waals surface area contributed by atoms with E-state index in [2.05, 4.69) is 0 Å². The van der Waals surface area contributed by atoms with Gasteiger partial charge in [-0.15, -0.1) is 0 Å². The van der Waals surface area contributed by atoms with E-state index in [0.717, 1.165) is 17.8 Å². The Labute approximate surface area is 110 Å². The molecule has 1 rings (SSSR count). The van der Waals surface area contributed by atoms with E-state index in [1.807, 2.05) is 63.8 Å². The highest BCUT2D eigenvalue weighted by Gasteiger charge is 2.34. The number of carbonyl (C=O) groups is 1. The molecule has 0 unspecified atom stereocenters. The lowest BCUT2D eigenvalue weighted by molar-refractivity contribution is -0.137. The van der Waals surface area contributed by atoms with Gasteiger partial charge in [-0.05, 0) is 52.3 Å². The summed E-state index contributed by atoms with van der Waals surface area (Å²) in [5, 5.41) is 0. The van der Waals surface area contributed by atoms with Crippen molar-refractivity contribution < 1.29 is 4.79 Å². The molecule has 0 saturated carbocycles. The summed E-state index contributed by atoms with van der Waals surface area (Å²) in [5.74, 6) is 0.157. The van der Waals surface area contributed by atoms with Crippen molar-refractivity contribution in [1.82, 2.24) is 4.90 Å². The molecule has 100 valence electrons. The fourth-order valence-corrected chi connectivity index (χ4v) is 2.13. The van der Waals surface area contributed by atoms with E-state index in [1.165, 1.54) is 0 Å². The van der Waals surface area contributed by atoms with Crippen LogP contribution in [0.1, 0.15) is 40.2 Å². The second-order valence-electron chi connectivity index (χ2n) is 5.43. The van der Waals surface area contributed by atoms with Gasteiger partial charge in [0.05, 0.1) is 5.41 Å². The van der Waals surface area contributed by atoms with Crippen LogP contribution in [0.2, 0.25) is 0 Å². The molecule has 0 fully saturated rings. The zero-order chi connectivity index (χ0) is 13.9. The van der Waals surface area contributed by atoms with Crippen LogP contribution in [0.15, 0.2) is 24.3 Å². The number of rotatable bonds is 4. The normalized spacial score (nSPS) is 11.7. The smallest absolute Gasteiger partial charge is 0.232 e. The number of nitrogens with zero attached hydrogens (tertiary/aromatic N) is 1. The summed E-state index contributed by atoms with van der Waals surface area (Å²) in [4.78, 5) is 14.5. The predicted octanol–water partition coefficient (Wildman–Crippen LogP) is 2.80. The summed E-state index contributed by atoms with van der Waals surface area (Å²) in [6, 6.07) is 7.77. The van der Waals surface area contributed by atoms with Crippen molar-refractivity contribution in [3.8, 4) is 0 Å². The van der Waals surface area contributed by atoms with Crippen LogP contribution >= 0.6 is 0 Å². The third-order valence-electron chi connectivity index (χ3n) is 3.39. The van der Waals surface area contributed by atoms with Crippen molar-refractivity contribution in [2.75, 3.05) is 12.3 Å². The Morgan fingerprint density at radius 1 is 1.28 bits per heavy atom. The first-order chi connectivity index (χ1) is 8.30. The first kappa shape index (κ1) is 14.6. The molecule has 0 radical (unpaired) electrons. The maximum Gasteiger partial charge on any atom is 0.232 e. The number of carbonyl (C=O) groups excluding carboxylic acids is 1. The van der Waals surface area contributed by atoms with Crippen LogP contribution in [-0.4, -0.2) is 23.4 Å². The lowest BCUT2D eigenvalue weighted by atomic mass is 9.82. The van der Waals surface area contributed by atoms with E-state index < -0.39 is 5.41 Å². The average Bonchev–Trinajstić information content (AvgIpc) is 2.29. The lowest BCUT2D eigenvalue weighted by Gasteiger charge is -2.34. The molecule has 0 aromatic heterocycles. The van der Waals surface area contributed by atoms with Gasteiger partial charge in [-0.1, -0.05) is 12.1 Å². The maximum atomic E-state index is 12.6. The highest BCUT2D eigenvalue weighted by molar-refractivity contribution is 5.87. The molecule has 3 nitrogen and oxygen atoms in total. The SMILES string of the molecule is CCN(C(=O)C(C)(C)c1ccc(N)cc1)C(C)C. The fourth-order valence-electron chi connectivity index (χ4n) is 2.13. The largest absolute Gasteiger partial charge is 0.399 e. The minimum Gasteiger partial charge on any atom is -0.399 e. The molecule has 0 saturated heterocycles. The number of benzene rings is 1. The van der Waals surface area contributed by atoms with Crippen LogP contribution in [0.5, 0.6) is 0 Å². The van der Waals surface area contributed by atoms with Crippen LogP contribution in [0.3, 0.4) is 0 Å². The molecular weight excluding hydrogens is 224 g/mol. The Morgan fingerprint density at radius 3 is 2.17 bits per heavy atom. The number of hydrogen-bond donors (Lipinski definition) is 1. The molecule has 2 N–H and O–H groups in total. The van der Waals surface area contributed by atoms with Crippen LogP contribution in [-0.2, 0) is 10.2 Å². The summed E-state index contributed by atoms with van der Waals surface area (Å²) < 4.78 is 0. The molecule has 0 aliphatic heterocycles. The second-order valence-corrected chi connectivity index (χ2v) is 5.43. The number of likely N-dealkylation sites (N-methyl/N-ethyl adjacent to an activating group) is 1. The highest BCUT2D eigenvalue weighted by Crippen LogP contribution is 2.27. The van der Waals surface area contributed by atoms with E-state index in [1.54, 1.807) is 0 Å². The molecule has 1 amide bonds. The quantitative estimate of drug-likeness (QED) is 0.833. The van der Waals surface area contributed by atoms with Crippen molar-refractivity contribution in [1.29, 1.82) is 0 Å². The summed E-state index contributed by atoms with van der Waals surface area (Å²) in [7, 11) is 0.